The number of hydrogen-bond acceptors (Lipinski definition) is 2. The molecular formula is C14H17F2NO. The molecule has 0 saturated carbocycles. The lowest BCUT2D eigenvalue weighted by Gasteiger charge is -2.02. The van der Waals surface area contributed by atoms with E-state index in [1.807, 2.05) is 6.92 Å². The highest BCUT2D eigenvalue weighted by Gasteiger charge is 2.17. The van der Waals surface area contributed by atoms with Gasteiger partial charge in [-0.25, -0.2) is 8.78 Å². The van der Waals surface area contributed by atoms with Crippen molar-refractivity contribution in [1.29, 1.82) is 0 Å². The van der Waals surface area contributed by atoms with E-state index < -0.39 is 11.6 Å². The molecule has 1 aromatic carbocycles. The predicted octanol–water partition coefficient (Wildman–Crippen LogP) is 3.77. The molecule has 0 bridgehead atoms. The first kappa shape index (κ1) is 13.0. The van der Waals surface area contributed by atoms with Crippen LogP contribution in [-0.4, -0.2) is 6.54 Å². The highest BCUT2D eigenvalue weighted by Crippen LogP contribution is 2.29. The van der Waals surface area contributed by atoms with Gasteiger partial charge in [-0.15, -0.1) is 0 Å². The zero-order chi connectivity index (χ0) is 13.1. The lowest BCUT2D eigenvalue weighted by Crippen LogP contribution is -2.14. The lowest BCUT2D eigenvalue weighted by atomic mass is 10.1. The van der Waals surface area contributed by atoms with Crippen LogP contribution in [0.25, 0.3) is 11.0 Å². The number of nitrogens with one attached hydrogen (secondary N) is 1. The molecule has 0 saturated heterocycles. The Morgan fingerprint density at radius 1 is 1.22 bits per heavy atom. The van der Waals surface area contributed by atoms with E-state index in [4.69, 9.17) is 4.42 Å². The Hall–Kier alpha value is -1.42. The number of rotatable bonds is 5. The average Bonchev–Trinajstić information content (AvgIpc) is 2.67. The Labute approximate surface area is 105 Å². The van der Waals surface area contributed by atoms with Crippen LogP contribution in [0.4, 0.5) is 8.78 Å². The van der Waals surface area contributed by atoms with Crippen LogP contribution in [0.2, 0.25) is 0 Å². The summed E-state index contributed by atoms with van der Waals surface area (Å²) in [6, 6.07) is 2.14. The summed E-state index contributed by atoms with van der Waals surface area (Å²) in [6.45, 7) is 5.43. The van der Waals surface area contributed by atoms with Crippen molar-refractivity contribution in [3.8, 4) is 0 Å². The SMILES string of the molecule is CCCNCc1oc2cc(F)cc(F)c2c1CC. The number of furan rings is 1. The van der Waals surface area contributed by atoms with Crippen LogP contribution in [0.1, 0.15) is 31.6 Å². The van der Waals surface area contributed by atoms with Crippen LogP contribution in [0.15, 0.2) is 16.5 Å². The molecule has 0 spiro atoms. The van der Waals surface area contributed by atoms with Crippen molar-refractivity contribution in [3.05, 3.63) is 35.1 Å². The van der Waals surface area contributed by atoms with Crippen LogP contribution in [0.5, 0.6) is 0 Å². The molecule has 2 rings (SSSR count). The van der Waals surface area contributed by atoms with Gasteiger partial charge < -0.3 is 9.73 Å². The van der Waals surface area contributed by atoms with Gasteiger partial charge in [-0.05, 0) is 19.4 Å². The molecule has 0 unspecified atom stereocenters. The van der Waals surface area contributed by atoms with E-state index in [0.29, 0.717) is 24.1 Å². The third kappa shape index (κ3) is 2.38. The van der Waals surface area contributed by atoms with Crippen LogP contribution >= 0.6 is 0 Å². The van der Waals surface area contributed by atoms with Gasteiger partial charge in [0.15, 0.2) is 0 Å². The quantitative estimate of drug-likeness (QED) is 0.820. The van der Waals surface area contributed by atoms with Crippen molar-refractivity contribution < 1.29 is 13.2 Å². The van der Waals surface area contributed by atoms with E-state index in [9.17, 15) is 8.78 Å². The van der Waals surface area contributed by atoms with E-state index in [1.165, 1.54) is 6.07 Å². The molecule has 1 N–H and O–H groups in total. The fourth-order valence-corrected chi connectivity index (χ4v) is 2.15. The highest BCUT2D eigenvalue weighted by atomic mass is 19.1. The van der Waals surface area contributed by atoms with E-state index >= 15 is 0 Å². The normalized spacial score (nSPS) is 11.3. The van der Waals surface area contributed by atoms with Gasteiger partial charge in [-0.2, -0.15) is 0 Å². The van der Waals surface area contributed by atoms with Crippen molar-refractivity contribution in [2.75, 3.05) is 6.54 Å². The Bertz CT molecular complexity index is 548. The van der Waals surface area contributed by atoms with Crippen molar-refractivity contribution in [3.63, 3.8) is 0 Å². The second-order valence-electron chi connectivity index (χ2n) is 4.29. The first-order valence-corrected chi connectivity index (χ1v) is 6.27. The molecule has 2 aromatic rings. The Balaban J connectivity index is 2.44. The van der Waals surface area contributed by atoms with Crippen LogP contribution < -0.4 is 5.32 Å². The molecule has 98 valence electrons. The Morgan fingerprint density at radius 2 is 2.00 bits per heavy atom. The van der Waals surface area contributed by atoms with Gasteiger partial charge in [0.2, 0.25) is 0 Å². The summed E-state index contributed by atoms with van der Waals surface area (Å²) in [7, 11) is 0. The third-order valence-electron chi connectivity index (χ3n) is 2.96. The summed E-state index contributed by atoms with van der Waals surface area (Å²) in [6.07, 6.45) is 1.68. The third-order valence-corrected chi connectivity index (χ3v) is 2.96. The zero-order valence-electron chi connectivity index (χ0n) is 10.6. The fourth-order valence-electron chi connectivity index (χ4n) is 2.15. The molecule has 1 heterocycles. The first-order valence-electron chi connectivity index (χ1n) is 6.27. The first-order chi connectivity index (χ1) is 8.67. The van der Waals surface area contributed by atoms with Crippen molar-refractivity contribution in [2.45, 2.75) is 33.2 Å². The number of fused-ring (bicyclic) bond motifs is 1. The topological polar surface area (TPSA) is 25.2 Å². The molecule has 0 aliphatic rings. The minimum atomic E-state index is -0.607. The van der Waals surface area contributed by atoms with Gasteiger partial charge in [-0.3, -0.25) is 0 Å². The van der Waals surface area contributed by atoms with Crippen molar-refractivity contribution in [2.24, 2.45) is 0 Å². The molecule has 0 amide bonds. The largest absolute Gasteiger partial charge is 0.459 e. The minimum Gasteiger partial charge on any atom is -0.459 e. The molecule has 4 heteroatoms. The van der Waals surface area contributed by atoms with Gasteiger partial charge in [0.05, 0.1) is 11.9 Å². The molecular weight excluding hydrogens is 236 g/mol. The molecule has 0 radical (unpaired) electrons. The van der Waals surface area contributed by atoms with E-state index in [0.717, 1.165) is 24.6 Å². The van der Waals surface area contributed by atoms with Gasteiger partial charge in [0.25, 0.3) is 0 Å². The monoisotopic (exact) mass is 253 g/mol. The van der Waals surface area contributed by atoms with Crippen LogP contribution in [0.3, 0.4) is 0 Å². The number of benzene rings is 1. The summed E-state index contributed by atoms with van der Waals surface area (Å²) in [5.74, 6) is -0.456. The van der Waals surface area contributed by atoms with Crippen LogP contribution in [-0.2, 0) is 13.0 Å². The molecule has 0 fully saturated rings. The van der Waals surface area contributed by atoms with Crippen LogP contribution in [0, 0.1) is 11.6 Å². The Morgan fingerprint density at radius 3 is 2.67 bits per heavy atom. The smallest absolute Gasteiger partial charge is 0.140 e. The minimum absolute atomic E-state index is 0.289. The second-order valence-corrected chi connectivity index (χ2v) is 4.29. The lowest BCUT2D eigenvalue weighted by molar-refractivity contribution is 0.505. The van der Waals surface area contributed by atoms with Crippen molar-refractivity contribution >= 4 is 11.0 Å². The maximum atomic E-state index is 13.8. The summed E-state index contributed by atoms with van der Waals surface area (Å²) in [5.41, 5.74) is 1.11. The van der Waals surface area contributed by atoms with Gasteiger partial charge in [0, 0.05) is 17.7 Å². The standard InChI is InChI=1S/C14H17F2NO/c1-3-5-17-8-13-10(4-2)14-11(16)6-9(15)7-12(14)18-13/h6-7,17H,3-5,8H2,1-2H3. The van der Waals surface area contributed by atoms with Gasteiger partial charge in [-0.1, -0.05) is 13.8 Å². The average molecular weight is 253 g/mol. The summed E-state index contributed by atoms with van der Waals surface area (Å²) in [5, 5.41) is 3.62. The summed E-state index contributed by atoms with van der Waals surface area (Å²) < 4.78 is 32.5. The Kier molecular flexibility index (Phi) is 3.97. The molecule has 1 aromatic heterocycles. The predicted molar refractivity (Wildman–Crippen MR) is 67.5 cm³/mol. The fraction of sp³-hybridized carbons (Fsp3) is 0.429. The molecule has 0 atom stereocenters. The molecule has 18 heavy (non-hydrogen) atoms. The van der Waals surface area contributed by atoms with E-state index in [1.54, 1.807) is 0 Å². The molecule has 2 nitrogen and oxygen atoms in total. The number of hydrogen-bond donors (Lipinski definition) is 1. The highest BCUT2D eigenvalue weighted by molar-refractivity contribution is 5.83. The maximum absolute atomic E-state index is 13.8. The van der Waals surface area contributed by atoms with Gasteiger partial charge in [0.1, 0.15) is 23.0 Å². The van der Waals surface area contributed by atoms with Gasteiger partial charge >= 0.3 is 0 Å². The molecule has 0 aliphatic carbocycles. The number of aryl methyl sites for hydroxylation is 1. The van der Waals surface area contributed by atoms with Crippen molar-refractivity contribution in [1.82, 2.24) is 5.32 Å². The van der Waals surface area contributed by atoms with E-state index in [2.05, 4.69) is 12.2 Å². The second kappa shape index (κ2) is 5.48. The summed E-state index contributed by atoms with van der Waals surface area (Å²) in [4.78, 5) is 0. The van der Waals surface area contributed by atoms with E-state index in [-0.39, 0.29) is 5.58 Å². The molecule has 0 aliphatic heterocycles. The zero-order valence-corrected chi connectivity index (χ0v) is 10.6. The number of halogens is 2. The maximum Gasteiger partial charge on any atom is 0.140 e. The summed E-state index contributed by atoms with van der Waals surface area (Å²) >= 11 is 0.